The second-order valence-electron chi connectivity index (χ2n) is 24.9. The largest absolute Gasteiger partial charge is 0.462 e. The molecule has 6 nitrogen and oxygen atoms in total. The van der Waals surface area contributed by atoms with Gasteiger partial charge in [-0.1, -0.05) is 346 Å². The molecule has 0 N–H and O–H groups in total. The van der Waals surface area contributed by atoms with Gasteiger partial charge in [0.1, 0.15) is 13.2 Å². The Morgan fingerprint density at radius 1 is 0.247 bits per heavy atom. The van der Waals surface area contributed by atoms with Crippen LogP contribution in [0.1, 0.15) is 406 Å². The Hall–Kier alpha value is -2.37. The van der Waals surface area contributed by atoms with E-state index in [0.717, 1.165) is 64.2 Å². The lowest BCUT2D eigenvalue weighted by Crippen LogP contribution is -2.30. The van der Waals surface area contributed by atoms with Crippen LogP contribution in [-0.2, 0) is 28.6 Å². The van der Waals surface area contributed by atoms with Crippen molar-refractivity contribution in [2.24, 2.45) is 0 Å². The summed E-state index contributed by atoms with van der Waals surface area (Å²) in [7, 11) is 0. The third-order valence-corrected chi connectivity index (χ3v) is 16.6. The molecule has 0 aromatic rings. The standard InChI is InChI=1S/C75H140O6/c1-4-7-10-13-16-18-20-22-24-26-28-30-32-34-36-37-39-40-42-44-46-48-50-52-54-56-59-62-65-68-74(77)80-71-72(70-79-73(76)67-64-61-58-15-12-9-6-3)81-75(78)69-66-63-60-57-55-53-51-49-47-45-43-41-38-35-33-31-29-27-25-23-21-19-17-14-11-8-5-2/h20,22,26-29,72H,4-19,21,23-25,30-71H2,1-3H3/b22-20-,28-26-,29-27-. The lowest BCUT2D eigenvalue weighted by Gasteiger charge is -2.18. The first kappa shape index (κ1) is 78.6. The number of unbranched alkanes of at least 4 members (excludes halogenated alkanes) is 51. The van der Waals surface area contributed by atoms with Crippen LogP contribution >= 0.6 is 0 Å². The number of esters is 3. The molecule has 0 heterocycles. The molecular weight excluding hydrogens is 997 g/mol. The molecule has 0 aliphatic carbocycles. The summed E-state index contributed by atoms with van der Waals surface area (Å²) in [5.74, 6) is -0.845. The SMILES string of the molecule is CCCCCCC/C=C\C/C=C\CCCCCCCCCCCCCCCCCCCC(=O)OCC(COC(=O)CCCCCCCCC)OC(=O)CCCCCCCCCCCCCCCCC/C=C\CCCCCCCCCC. The number of hydrogen-bond donors (Lipinski definition) is 0. The number of carbonyl (C=O) groups is 3. The number of carbonyl (C=O) groups excluding carboxylic acids is 3. The van der Waals surface area contributed by atoms with Crippen LogP contribution in [0.4, 0.5) is 0 Å². The van der Waals surface area contributed by atoms with Gasteiger partial charge in [0.15, 0.2) is 6.10 Å². The van der Waals surface area contributed by atoms with E-state index >= 15 is 0 Å². The zero-order valence-electron chi connectivity index (χ0n) is 54.8. The Balaban J connectivity index is 4.00. The van der Waals surface area contributed by atoms with E-state index in [1.807, 2.05) is 0 Å². The van der Waals surface area contributed by atoms with Crippen LogP contribution in [-0.4, -0.2) is 37.2 Å². The molecule has 0 saturated heterocycles. The predicted molar refractivity (Wildman–Crippen MR) is 353 cm³/mol. The van der Waals surface area contributed by atoms with Crippen molar-refractivity contribution in [2.75, 3.05) is 13.2 Å². The third-order valence-electron chi connectivity index (χ3n) is 16.6. The van der Waals surface area contributed by atoms with Crippen LogP contribution in [0.5, 0.6) is 0 Å². The van der Waals surface area contributed by atoms with Gasteiger partial charge >= 0.3 is 17.9 Å². The highest BCUT2D eigenvalue weighted by Gasteiger charge is 2.19. The zero-order chi connectivity index (χ0) is 58.5. The fraction of sp³-hybridized carbons (Fsp3) is 0.880. The van der Waals surface area contributed by atoms with Gasteiger partial charge in [0.05, 0.1) is 0 Å². The monoisotopic (exact) mass is 1140 g/mol. The van der Waals surface area contributed by atoms with E-state index in [-0.39, 0.29) is 31.1 Å². The molecule has 0 rings (SSSR count). The lowest BCUT2D eigenvalue weighted by molar-refractivity contribution is -0.167. The fourth-order valence-electron chi connectivity index (χ4n) is 11.1. The van der Waals surface area contributed by atoms with Crippen LogP contribution in [0.3, 0.4) is 0 Å². The zero-order valence-corrected chi connectivity index (χ0v) is 54.8. The van der Waals surface area contributed by atoms with E-state index in [4.69, 9.17) is 14.2 Å². The molecule has 0 aliphatic heterocycles. The summed E-state index contributed by atoms with van der Waals surface area (Å²) in [5, 5.41) is 0. The van der Waals surface area contributed by atoms with Crippen LogP contribution in [0.25, 0.3) is 0 Å². The Morgan fingerprint density at radius 3 is 0.691 bits per heavy atom. The van der Waals surface area contributed by atoms with E-state index in [1.54, 1.807) is 0 Å². The number of hydrogen-bond acceptors (Lipinski definition) is 6. The van der Waals surface area contributed by atoms with Crippen molar-refractivity contribution in [1.29, 1.82) is 0 Å². The summed E-state index contributed by atoms with van der Waals surface area (Å²) >= 11 is 0. The molecule has 0 amide bonds. The van der Waals surface area contributed by atoms with Crippen LogP contribution in [0.15, 0.2) is 36.5 Å². The van der Waals surface area contributed by atoms with Crippen molar-refractivity contribution in [3.63, 3.8) is 0 Å². The van der Waals surface area contributed by atoms with Crippen molar-refractivity contribution in [3.05, 3.63) is 36.5 Å². The molecule has 6 heteroatoms. The smallest absolute Gasteiger partial charge is 0.306 e. The van der Waals surface area contributed by atoms with Gasteiger partial charge in [-0.25, -0.2) is 0 Å². The minimum Gasteiger partial charge on any atom is -0.462 e. The summed E-state index contributed by atoms with van der Waals surface area (Å²) in [6.07, 6.45) is 87.9. The molecule has 0 aliphatic rings. The maximum atomic E-state index is 12.9. The van der Waals surface area contributed by atoms with Crippen molar-refractivity contribution in [2.45, 2.75) is 412 Å². The van der Waals surface area contributed by atoms with E-state index < -0.39 is 6.10 Å². The lowest BCUT2D eigenvalue weighted by atomic mass is 10.0. The van der Waals surface area contributed by atoms with Gasteiger partial charge in [-0.3, -0.25) is 14.4 Å². The Kier molecular flexibility index (Phi) is 68.1. The maximum Gasteiger partial charge on any atom is 0.306 e. The molecule has 1 atom stereocenters. The van der Waals surface area contributed by atoms with E-state index in [1.165, 1.54) is 302 Å². The molecule has 0 radical (unpaired) electrons. The molecule has 0 aromatic carbocycles. The second-order valence-corrected chi connectivity index (χ2v) is 24.9. The number of allylic oxidation sites excluding steroid dienone is 6. The molecule has 1 unspecified atom stereocenters. The summed E-state index contributed by atoms with van der Waals surface area (Å²) in [4.78, 5) is 38.2. The van der Waals surface area contributed by atoms with Crippen molar-refractivity contribution in [3.8, 4) is 0 Å². The summed E-state index contributed by atoms with van der Waals surface area (Å²) in [6.45, 7) is 6.66. The molecular formula is C75H140O6. The van der Waals surface area contributed by atoms with E-state index in [2.05, 4.69) is 57.2 Å². The van der Waals surface area contributed by atoms with Crippen molar-refractivity contribution >= 4 is 17.9 Å². The minimum atomic E-state index is -0.767. The molecule has 0 spiro atoms. The number of rotatable bonds is 68. The summed E-state index contributed by atoms with van der Waals surface area (Å²) in [6, 6.07) is 0. The molecule has 0 fully saturated rings. The van der Waals surface area contributed by atoms with Crippen LogP contribution < -0.4 is 0 Å². The Labute approximate surface area is 506 Å². The first-order chi connectivity index (χ1) is 40.0. The Bertz CT molecular complexity index is 1350. The van der Waals surface area contributed by atoms with Gasteiger partial charge < -0.3 is 14.2 Å². The van der Waals surface area contributed by atoms with Gasteiger partial charge in [-0.15, -0.1) is 0 Å². The number of ether oxygens (including phenoxy) is 3. The van der Waals surface area contributed by atoms with Gasteiger partial charge in [-0.2, -0.15) is 0 Å². The summed E-state index contributed by atoms with van der Waals surface area (Å²) < 4.78 is 16.9. The molecule has 0 bridgehead atoms. The van der Waals surface area contributed by atoms with E-state index in [0.29, 0.717) is 19.3 Å². The highest BCUT2D eigenvalue weighted by Crippen LogP contribution is 2.19. The average molecular weight is 1140 g/mol. The molecule has 0 aromatic heterocycles. The van der Waals surface area contributed by atoms with E-state index in [9.17, 15) is 14.4 Å². The van der Waals surface area contributed by atoms with Crippen LogP contribution in [0, 0.1) is 0 Å². The second kappa shape index (κ2) is 70.1. The van der Waals surface area contributed by atoms with Gasteiger partial charge in [0, 0.05) is 19.3 Å². The van der Waals surface area contributed by atoms with Crippen LogP contribution in [0.2, 0.25) is 0 Å². The highest BCUT2D eigenvalue weighted by atomic mass is 16.6. The third kappa shape index (κ3) is 68.3. The first-order valence-electron chi connectivity index (χ1n) is 36.5. The average Bonchev–Trinajstić information content (AvgIpc) is 3.47. The molecule has 0 saturated carbocycles. The predicted octanol–water partition coefficient (Wildman–Crippen LogP) is 25.1. The van der Waals surface area contributed by atoms with Gasteiger partial charge in [-0.05, 0) is 77.0 Å². The Morgan fingerprint density at radius 2 is 0.444 bits per heavy atom. The van der Waals surface area contributed by atoms with Gasteiger partial charge in [0.2, 0.25) is 0 Å². The first-order valence-corrected chi connectivity index (χ1v) is 36.5. The topological polar surface area (TPSA) is 78.9 Å². The maximum absolute atomic E-state index is 12.9. The molecule has 81 heavy (non-hydrogen) atoms. The summed E-state index contributed by atoms with van der Waals surface area (Å²) in [5.41, 5.74) is 0. The van der Waals surface area contributed by atoms with Crippen molar-refractivity contribution in [1.82, 2.24) is 0 Å². The fourth-order valence-corrected chi connectivity index (χ4v) is 11.1. The quantitative estimate of drug-likeness (QED) is 0.0261. The molecule has 476 valence electrons. The highest BCUT2D eigenvalue weighted by molar-refractivity contribution is 5.71. The normalized spacial score (nSPS) is 12.2. The minimum absolute atomic E-state index is 0.0663. The van der Waals surface area contributed by atoms with Crippen molar-refractivity contribution < 1.29 is 28.6 Å². The van der Waals surface area contributed by atoms with Gasteiger partial charge in [0.25, 0.3) is 0 Å².